The average Bonchev–Trinajstić information content (AvgIpc) is 2.51. The van der Waals surface area contributed by atoms with E-state index in [1.165, 1.54) is 5.39 Å². The molecular weight excluding hydrogens is 262 g/mol. The van der Waals surface area contributed by atoms with Crippen LogP contribution >= 0.6 is 0 Å². The monoisotopic (exact) mass is 279 g/mol. The third-order valence-corrected chi connectivity index (χ3v) is 3.20. The van der Waals surface area contributed by atoms with Gasteiger partial charge in [-0.3, -0.25) is 0 Å². The topological polar surface area (TPSA) is 47.0 Å². The summed E-state index contributed by atoms with van der Waals surface area (Å²) < 4.78 is 5.91. The second kappa shape index (κ2) is 5.79. The molecule has 106 valence electrons. The summed E-state index contributed by atoms with van der Waals surface area (Å²) in [6.07, 6.45) is 1.77. The molecule has 0 spiro atoms. The van der Waals surface area contributed by atoms with Gasteiger partial charge in [-0.25, -0.2) is 4.98 Å². The van der Waals surface area contributed by atoms with Crippen molar-refractivity contribution in [2.75, 3.05) is 11.9 Å². The van der Waals surface area contributed by atoms with Crippen LogP contribution in [0.4, 0.5) is 5.95 Å². The number of nitrogens with zero attached hydrogens (tertiary/aromatic N) is 2. The first kappa shape index (κ1) is 13.4. The summed E-state index contributed by atoms with van der Waals surface area (Å²) in [5.74, 6) is 1.94. The van der Waals surface area contributed by atoms with Gasteiger partial charge in [0.2, 0.25) is 11.8 Å². The van der Waals surface area contributed by atoms with Crippen LogP contribution in [0.1, 0.15) is 12.5 Å². The van der Waals surface area contributed by atoms with Gasteiger partial charge in [-0.2, -0.15) is 4.98 Å². The van der Waals surface area contributed by atoms with Crippen LogP contribution in [0.2, 0.25) is 0 Å². The fourth-order valence-electron chi connectivity index (χ4n) is 2.12. The molecule has 3 aromatic rings. The molecule has 0 bridgehead atoms. The normalized spacial score (nSPS) is 10.6. The fourth-order valence-corrected chi connectivity index (χ4v) is 2.12. The summed E-state index contributed by atoms with van der Waals surface area (Å²) in [6, 6.07) is 14.2. The van der Waals surface area contributed by atoms with E-state index in [0.29, 0.717) is 11.8 Å². The maximum Gasteiger partial charge on any atom is 0.226 e. The van der Waals surface area contributed by atoms with Crippen molar-refractivity contribution in [3.63, 3.8) is 0 Å². The lowest BCUT2D eigenvalue weighted by Crippen LogP contribution is -2.03. The molecule has 1 aromatic heterocycles. The van der Waals surface area contributed by atoms with Crippen molar-refractivity contribution in [1.29, 1.82) is 0 Å². The Morgan fingerprint density at radius 3 is 2.71 bits per heavy atom. The van der Waals surface area contributed by atoms with Gasteiger partial charge in [-0.15, -0.1) is 0 Å². The van der Waals surface area contributed by atoms with Crippen molar-refractivity contribution in [2.24, 2.45) is 0 Å². The van der Waals surface area contributed by atoms with E-state index in [1.54, 1.807) is 6.20 Å². The molecule has 0 amide bonds. The predicted molar refractivity (Wildman–Crippen MR) is 85.0 cm³/mol. The van der Waals surface area contributed by atoms with Gasteiger partial charge in [0, 0.05) is 18.3 Å². The fraction of sp³-hybridized carbons (Fsp3) is 0.176. The minimum atomic E-state index is 0.580. The Hall–Kier alpha value is -2.62. The molecule has 0 fully saturated rings. The molecule has 0 saturated heterocycles. The highest BCUT2D eigenvalue weighted by Gasteiger charge is 2.06. The van der Waals surface area contributed by atoms with Crippen molar-refractivity contribution in [3.05, 3.63) is 54.2 Å². The molecule has 0 radical (unpaired) electrons. The molecule has 0 aliphatic heterocycles. The van der Waals surface area contributed by atoms with Crippen LogP contribution in [0, 0.1) is 6.92 Å². The van der Waals surface area contributed by atoms with E-state index in [9.17, 15) is 0 Å². The molecule has 3 rings (SSSR count). The number of nitrogens with one attached hydrogen (secondary N) is 1. The van der Waals surface area contributed by atoms with Gasteiger partial charge in [0.25, 0.3) is 0 Å². The van der Waals surface area contributed by atoms with E-state index < -0.39 is 0 Å². The van der Waals surface area contributed by atoms with Crippen LogP contribution in [0.25, 0.3) is 10.8 Å². The van der Waals surface area contributed by atoms with Crippen molar-refractivity contribution < 1.29 is 4.74 Å². The number of hydrogen-bond donors (Lipinski definition) is 1. The number of fused-ring (bicyclic) bond motifs is 1. The summed E-state index contributed by atoms with van der Waals surface area (Å²) in [7, 11) is 0. The molecule has 2 aromatic carbocycles. The van der Waals surface area contributed by atoms with Crippen LogP contribution in [0.5, 0.6) is 11.6 Å². The first-order valence-corrected chi connectivity index (χ1v) is 7.00. The molecule has 0 atom stereocenters. The summed E-state index contributed by atoms with van der Waals surface area (Å²) in [4.78, 5) is 8.61. The first-order valence-electron chi connectivity index (χ1n) is 7.00. The van der Waals surface area contributed by atoms with Crippen LogP contribution in [-0.2, 0) is 0 Å². The second-order valence-corrected chi connectivity index (χ2v) is 4.82. The Morgan fingerprint density at radius 2 is 1.90 bits per heavy atom. The molecular formula is C17H17N3O. The molecule has 4 nitrogen and oxygen atoms in total. The Balaban J connectivity index is 1.92. The first-order chi connectivity index (χ1) is 10.3. The zero-order valence-electron chi connectivity index (χ0n) is 12.1. The van der Waals surface area contributed by atoms with E-state index in [0.717, 1.165) is 23.2 Å². The standard InChI is InChI=1S/C17H17N3O/c1-3-18-17-19-11-12(2)16(20-17)21-15-9-8-13-6-4-5-7-14(13)10-15/h4-11H,3H2,1-2H3,(H,18,19,20). The molecule has 21 heavy (non-hydrogen) atoms. The van der Waals surface area contributed by atoms with E-state index in [-0.39, 0.29) is 0 Å². The lowest BCUT2D eigenvalue weighted by atomic mass is 10.1. The molecule has 0 unspecified atom stereocenters. The number of aryl methyl sites for hydroxylation is 1. The SMILES string of the molecule is CCNc1ncc(C)c(Oc2ccc3ccccc3c2)n1. The van der Waals surface area contributed by atoms with Gasteiger partial charge in [0.1, 0.15) is 5.75 Å². The zero-order valence-corrected chi connectivity index (χ0v) is 12.1. The Kier molecular flexibility index (Phi) is 3.69. The highest BCUT2D eigenvalue weighted by atomic mass is 16.5. The summed E-state index contributed by atoms with van der Waals surface area (Å²) in [5, 5.41) is 5.43. The van der Waals surface area contributed by atoms with Crippen molar-refractivity contribution in [3.8, 4) is 11.6 Å². The highest BCUT2D eigenvalue weighted by molar-refractivity contribution is 5.83. The Labute approximate surface area is 123 Å². The number of hydrogen-bond acceptors (Lipinski definition) is 4. The largest absolute Gasteiger partial charge is 0.439 e. The van der Waals surface area contributed by atoms with Crippen molar-refractivity contribution >= 4 is 16.7 Å². The number of ether oxygens (including phenoxy) is 1. The maximum atomic E-state index is 5.91. The van der Waals surface area contributed by atoms with Gasteiger partial charge < -0.3 is 10.1 Å². The lowest BCUT2D eigenvalue weighted by molar-refractivity contribution is 0.459. The Bertz CT molecular complexity index is 771. The molecule has 1 N–H and O–H groups in total. The third-order valence-electron chi connectivity index (χ3n) is 3.20. The summed E-state index contributed by atoms with van der Waals surface area (Å²) in [6.45, 7) is 4.72. The number of rotatable bonds is 4. The molecule has 1 heterocycles. The third kappa shape index (κ3) is 2.94. The minimum Gasteiger partial charge on any atom is -0.439 e. The second-order valence-electron chi connectivity index (χ2n) is 4.82. The highest BCUT2D eigenvalue weighted by Crippen LogP contribution is 2.26. The van der Waals surface area contributed by atoms with Gasteiger partial charge >= 0.3 is 0 Å². The quantitative estimate of drug-likeness (QED) is 0.779. The van der Waals surface area contributed by atoms with E-state index in [1.807, 2.05) is 44.2 Å². The smallest absolute Gasteiger partial charge is 0.226 e. The van der Waals surface area contributed by atoms with Gasteiger partial charge in [-0.05, 0) is 36.8 Å². The van der Waals surface area contributed by atoms with Gasteiger partial charge in [0.05, 0.1) is 0 Å². The molecule has 4 heteroatoms. The number of aromatic nitrogens is 2. The lowest BCUT2D eigenvalue weighted by Gasteiger charge is -2.10. The summed E-state index contributed by atoms with van der Waals surface area (Å²) in [5.41, 5.74) is 0.907. The van der Waals surface area contributed by atoms with E-state index in [2.05, 4.69) is 27.4 Å². The van der Waals surface area contributed by atoms with Crippen molar-refractivity contribution in [2.45, 2.75) is 13.8 Å². The maximum absolute atomic E-state index is 5.91. The van der Waals surface area contributed by atoms with Gasteiger partial charge in [0.15, 0.2) is 0 Å². The summed E-state index contributed by atoms with van der Waals surface area (Å²) >= 11 is 0. The Morgan fingerprint density at radius 1 is 1.10 bits per heavy atom. The van der Waals surface area contributed by atoms with Crippen LogP contribution in [-0.4, -0.2) is 16.5 Å². The minimum absolute atomic E-state index is 0.580. The molecule has 0 aliphatic carbocycles. The average molecular weight is 279 g/mol. The number of benzene rings is 2. The zero-order chi connectivity index (χ0) is 14.7. The predicted octanol–water partition coefficient (Wildman–Crippen LogP) is 4.16. The van der Waals surface area contributed by atoms with Crippen molar-refractivity contribution in [1.82, 2.24) is 9.97 Å². The van der Waals surface area contributed by atoms with E-state index >= 15 is 0 Å². The van der Waals surface area contributed by atoms with Crippen LogP contribution < -0.4 is 10.1 Å². The van der Waals surface area contributed by atoms with Crippen LogP contribution in [0.3, 0.4) is 0 Å². The van der Waals surface area contributed by atoms with Crippen LogP contribution in [0.15, 0.2) is 48.7 Å². The van der Waals surface area contributed by atoms with Gasteiger partial charge in [-0.1, -0.05) is 30.3 Å². The van der Waals surface area contributed by atoms with E-state index in [4.69, 9.17) is 4.74 Å². The number of anilines is 1. The molecule has 0 saturated carbocycles. The molecule has 0 aliphatic rings.